The molecule has 0 bridgehead atoms. The molecule has 0 aromatic carbocycles. The number of rotatable bonds is 8. The van der Waals surface area contributed by atoms with Crippen molar-refractivity contribution in [3.63, 3.8) is 0 Å². The van der Waals surface area contributed by atoms with Crippen LogP contribution in [-0.2, 0) is 0 Å². The van der Waals surface area contributed by atoms with Gasteiger partial charge in [-0.25, -0.2) is 0 Å². The van der Waals surface area contributed by atoms with Crippen molar-refractivity contribution in [2.75, 3.05) is 6.61 Å². The molecule has 1 aliphatic heterocycles. The van der Waals surface area contributed by atoms with E-state index in [1.807, 2.05) is 6.20 Å². The van der Waals surface area contributed by atoms with Gasteiger partial charge in [0.05, 0.1) is 0 Å². The maximum absolute atomic E-state index is 9.14. The summed E-state index contributed by atoms with van der Waals surface area (Å²) in [7, 11) is 0. The molecule has 0 fully saturated rings. The number of halogens is 1. The zero-order valence-corrected chi connectivity index (χ0v) is 22.6. The van der Waals surface area contributed by atoms with Crippen LogP contribution in [0.2, 0.25) is 0 Å². The third-order valence-electron chi connectivity index (χ3n) is 6.08. The predicted molar refractivity (Wildman–Crippen MR) is 149 cm³/mol. The van der Waals surface area contributed by atoms with E-state index in [9.17, 15) is 0 Å². The molecule has 2 nitrogen and oxygen atoms in total. The molecule has 0 aromatic heterocycles. The maximum atomic E-state index is 9.14. The fourth-order valence-corrected chi connectivity index (χ4v) is 4.90. The Morgan fingerprint density at radius 3 is 2.75 bits per heavy atom. The molecule has 0 aromatic rings. The highest BCUT2D eigenvalue weighted by molar-refractivity contribution is 14.1. The number of hydrogen-bond acceptors (Lipinski definition) is 2. The quantitative estimate of drug-likeness (QED) is 0.239. The van der Waals surface area contributed by atoms with Gasteiger partial charge in [0.1, 0.15) is 0 Å². The minimum Gasteiger partial charge on any atom is -0.396 e. The molecule has 2 aliphatic rings. The van der Waals surface area contributed by atoms with Gasteiger partial charge in [-0.15, -0.1) is 0 Å². The van der Waals surface area contributed by atoms with Crippen molar-refractivity contribution in [2.45, 2.75) is 72.8 Å². The Morgan fingerprint density at radius 1 is 1.25 bits per heavy atom. The molecule has 1 heterocycles. The molecule has 0 spiro atoms. The fourth-order valence-electron chi connectivity index (χ4n) is 4.36. The normalized spacial score (nSPS) is 26.9. The second-order valence-corrected chi connectivity index (χ2v) is 10.8. The highest BCUT2D eigenvalue weighted by Gasteiger charge is 2.26. The van der Waals surface area contributed by atoms with Gasteiger partial charge in [0.15, 0.2) is 0 Å². The molecule has 3 heteroatoms. The summed E-state index contributed by atoms with van der Waals surface area (Å²) >= 11 is 2.35. The van der Waals surface area contributed by atoms with Crippen LogP contribution in [-0.4, -0.2) is 17.8 Å². The number of aliphatic hydroxyl groups is 1. The molecule has 0 amide bonds. The summed E-state index contributed by atoms with van der Waals surface area (Å²) in [5.74, 6) is 0. The molecule has 0 saturated carbocycles. The second-order valence-electron chi connectivity index (χ2n) is 9.59. The largest absolute Gasteiger partial charge is 0.396 e. The van der Waals surface area contributed by atoms with Crippen LogP contribution in [0.1, 0.15) is 66.7 Å². The van der Waals surface area contributed by atoms with E-state index in [-0.39, 0.29) is 18.1 Å². The molecule has 1 atom stereocenters. The number of nitrogens with one attached hydrogen (secondary N) is 1. The molecule has 1 unspecified atom stereocenters. The second kappa shape index (κ2) is 13.2. The topological polar surface area (TPSA) is 32.3 Å². The van der Waals surface area contributed by atoms with E-state index >= 15 is 0 Å². The Kier molecular flexibility index (Phi) is 11.0. The van der Waals surface area contributed by atoms with E-state index in [2.05, 4.69) is 117 Å². The number of hydrogen-bond donors (Lipinski definition) is 2. The van der Waals surface area contributed by atoms with E-state index < -0.39 is 0 Å². The number of allylic oxidation sites excluding steroid dienone is 14. The Hall–Kier alpha value is -1.59. The highest BCUT2D eigenvalue weighted by Crippen LogP contribution is 2.40. The van der Waals surface area contributed by atoms with Gasteiger partial charge in [-0.05, 0) is 110 Å². The fraction of sp³-hybridized carbons (Fsp3) is 0.448. The van der Waals surface area contributed by atoms with Crippen molar-refractivity contribution in [3.05, 3.63) is 92.3 Å². The minimum atomic E-state index is 0.227. The monoisotopic (exact) mass is 545 g/mol. The molecule has 174 valence electrons. The Morgan fingerprint density at radius 2 is 2.03 bits per heavy atom. The van der Waals surface area contributed by atoms with Gasteiger partial charge in [0.25, 0.3) is 0 Å². The summed E-state index contributed by atoms with van der Waals surface area (Å²) in [6, 6.07) is 0.234. The Bertz CT molecular complexity index is 890. The first-order valence-electron chi connectivity index (χ1n) is 11.8. The van der Waals surface area contributed by atoms with Gasteiger partial charge < -0.3 is 10.4 Å². The first kappa shape index (κ1) is 26.7. The van der Waals surface area contributed by atoms with Gasteiger partial charge in [-0.2, -0.15) is 0 Å². The molecule has 32 heavy (non-hydrogen) atoms. The van der Waals surface area contributed by atoms with E-state index in [0.29, 0.717) is 0 Å². The van der Waals surface area contributed by atoms with Crippen molar-refractivity contribution in [1.29, 1.82) is 0 Å². The average Bonchev–Trinajstić information content (AvgIpc) is 2.69. The van der Waals surface area contributed by atoms with Crippen LogP contribution >= 0.6 is 22.6 Å². The summed E-state index contributed by atoms with van der Waals surface area (Å²) in [5.41, 5.74) is 7.01. The molecular weight excluding hydrogens is 505 g/mol. The molecule has 0 saturated heterocycles. The lowest BCUT2D eigenvalue weighted by Gasteiger charge is -2.32. The van der Waals surface area contributed by atoms with Crippen LogP contribution in [0, 0.1) is 5.41 Å². The maximum Gasteiger partial charge on any atom is 0.0448 e. The Labute approximate surface area is 209 Å². The van der Waals surface area contributed by atoms with Gasteiger partial charge in [0.2, 0.25) is 0 Å². The lowest BCUT2D eigenvalue weighted by molar-refractivity contribution is 0.280. The number of aliphatic hydroxyl groups excluding tert-OH is 1. The summed E-state index contributed by atoms with van der Waals surface area (Å²) in [6.45, 7) is 11.6. The van der Waals surface area contributed by atoms with Gasteiger partial charge in [-0.1, -0.05) is 73.1 Å². The lowest BCUT2D eigenvalue weighted by atomic mass is 9.72. The third kappa shape index (κ3) is 9.11. The van der Waals surface area contributed by atoms with Crippen molar-refractivity contribution in [1.82, 2.24) is 5.32 Å². The molecule has 2 rings (SSSR count). The first-order valence-corrected chi connectivity index (χ1v) is 12.8. The summed E-state index contributed by atoms with van der Waals surface area (Å²) < 4.78 is 1.18. The van der Waals surface area contributed by atoms with Gasteiger partial charge >= 0.3 is 0 Å². The molecular formula is C29H40INO. The first-order chi connectivity index (χ1) is 15.2. The van der Waals surface area contributed by atoms with Crippen molar-refractivity contribution < 1.29 is 5.11 Å². The van der Waals surface area contributed by atoms with Gasteiger partial charge in [0, 0.05) is 16.2 Å². The lowest BCUT2D eigenvalue weighted by Crippen LogP contribution is -2.23. The van der Waals surface area contributed by atoms with Crippen molar-refractivity contribution in [3.8, 4) is 0 Å². The minimum absolute atomic E-state index is 0.227. The van der Waals surface area contributed by atoms with E-state index in [4.69, 9.17) is 5.11 Å². The SMILES string of the molecule is CC1=C(/C=C/C(C)=C/C(C)=C/C=C/C2=C\C(CCCO)N/C=C/C(I)=C\2)C(C)(C)CCC1. The molecule has 2 N–H and O–H groups in total. The predicted octanol–water partition coefficient (Wildman–Crippen LogP) is 8.02. The molecule has 1 aliphatic carbocycles. The van der Waals surface area contributed by atoms with Crippen LogP contribution in [0.25, 0.3) is 0 Å². The van der Waals surface area contributed by atoms with Crippen LogP contribution in [0.3, 0.4) is 0 Å². The van der Waals surface area contributed by atoms with Crippen LogP contribution in [0.15, 0.2) is 92.3 Å². The van der Waals surface area contributed by atoms with Crippen molar-refractivity contribution >= 4 is 22.6 Å². The van der Waals surface area contributed by atoms with Crippen molar-refractivity contribution in [2.24, 2.45) is 5.41 Å². The standard InChI is InChI=1S/C29H40INO/c1-22(19-23(2)13-14-28-24(3)10-7-16-29(28,4)5)9-6-11-25-20-26(30)15-17-31-27(21-25)12-8-18-32/h6,9,11,13-15,17,19-21,27,31-32H,7-8,10,12,16,18H2,1-5H3/b11-6+,14-13+,17-15+,22-9+,23-19+,25-21+,26-20+. The zero-order chi connectivity index (χ0) is 23.6. The zero-order valence-electron chi connectivity index (χ0n) is 20.4. The summed E-state index contributed by atoms with van der Waals surface area (Å²) in [6.07, 6.45) is 27.3. The van der Waals surface area contributed by atoms with Gasteiger partial charge in [-0.3, -0.25) is 0 Å². The van der Waals surface area contributed by atoms with Crippen LogP contribution in [0.5, 0.6) is 0 Å². The van der Waals surface area contributed by atoms with Crippen LogP contribution in [0.4, 0.5) is 0 Å². The summed E-state index contributed by atoms with van der Waals surface area (Å²) in [5, 5.41) is 12.5. The van der Waals surface area contributed by atoms with Crippen LogP contribution < -0.4 is 5.32 Å². The third-order valence-corrected chi connectivity index (χ3v) is 6.75. The van der Waals surface area contributed by atoms with E-state index in [0.717, 1.165) is 12.8 Å². The van der Waals surface area contributed by atoms with E-state index in [1.165, 1.54) is 50.7 Å². The average molecular weight is 546 g/mol. The molecule has 0 radical (unpaired) electrons. The highest BCUT2D eigenvalue weighted by atomic mass is 127. The smallest absolute Gasteiger partial charge is 0.0448 e. The Balaban J connectivity index is 2.10. The van der Waals surface area contributed by atoms with E-state index in [1.54, 1.807) is 0 Å². The summed E-state index contributed by atoms with van der Waals surface area (Å²) in [4.78, 5) is 0.